The first-order chi connectivity index (χ1) is 12.5. The van der Waals surface area contributed by atoms with Crippen molar-refractivity contribution in [2.24, 2.45) is 0 Å². The van der Waals surface area contributed by atoms with Crippen LogP contribution < -0.4 is 10.1 Å². The van der Waals surface area contributed by atoms with E-state index in [2.05, 4.69) is 48.3 Å². The van der Waals surface area contributed by atoms with Gasteiger partial charge in [0.2, 0.25) is 5.91 Å². The van der Waals surface area contributed by atoms with Gasteiger partial charge in [0.25, 0.3) is 0 Å². The molecule has 1 aliphatic heterocycles. The number of hydrogen-bond acceptors (Lipinski definition) is 4. The van der Waals surface area contributed by atoms with Gasteiger partial charge in [-0.3, -0.25) is 9.69 Å². The van der Waals surface area contributed by atoms with E-state index in [4.69, 9.17) is 9.47 Å². The molecule has 1 atom stereocenters. The van der Waals surface area contributed by atoms with E-state index in [0.29, 0.717) is 13.2 Å². The molecule has 138 valence electrons. The minimum atomic E-state index is -0.388. The Hall–Kier alpha value is -2.37. The standard InChI is InChI=1S/C21H26N2O3/c1-15-4-9-19(16(2)12-15)26-18-7-5-17(6-8-18)13-23-10-11-25-20(14-23)21(24)22-3/h4-9,12,20H,10-11,13-14H2,1-3H3,(H,22,24)/t20-/m0/s1. The van der Waals surface area contributed by atoms with Crippen molar-refractivity contribution >= 4 is 5.91 Å². The van der Waals surface area contributed by atoms with Gasteiger partial charge in [-0.25, -0.2) is 0 Å². The average Bonchev–Trinajstić information content (AvgIpc) is 2.65. The average molecular weight is 354 g/mol. The van der Waals surface area contributed by atoms with Gasteiger partial charge in [-0.1, -0.05) is 29.8 Å². The van der Waals surface area contributed by atoms with Crippen LogP contribution in [0.1, 0.15) is 16.7 Å². The fourth-order valence-electron chi connectivity index (χ4n) is 3.13. The number of morpholine rings is 1. The predicted octanol–water partition coefficient (Wildman–Crippen LogP) is 3.04. The van der Waals surface area contributed by atoms with Gasteiger partial charge >= 0.3 is 0 Å². The molecule has 0 spiro atoms. The molecule has 2 aromatic carbocycles. The Morgan fingerprint density at radius 2 is 2.00 bits per heavy atom. The van der Waals surface area contributed by atoms with Crippen LogP contribution in [0.2, 0.25) is 0 Å². The lowest BCUT2D eigenvalue weighted by molar-refractivity contribution is -0.138. The van der Waals surface area contributed by atoms with Crippen molar-refractivity contribution in [1.82, 2.24) is 10.2 Å². The molecule has 1 N–H and O–H groups in total. The fourth-order valence-corrected chi connectivity index (χ4v) is 3.13. The van der Waals surface area contributed by atoms with Crippen LogP contribution in [0.4, 0.5) is 0 Å². The van der Waals surface area contributed by atoms with E-state index in [9.17, 15) is 4.79 Å². The summed E-state index contributed by atoms with van der Waals surface area (Å²) >= 11 is 0. The van der Waals surface area contributed by atoms with Crippen LogP contribution >= 0.6 is 0 Å². The Balaban J connectivity index is 1.60. The number of nitrogens with one attached hydrogen (secondary N) is 1. The first-order valence-electron chi connectivity index (χ1n) is 8.95. The zero-order valence-corrected chi connectivity index (χ0v) is 15.6. The third-order valence-electron chi connectivity index (χ3n) is 4.58. The smallest absolute Gasteiger partial charge is 0.250 e. The Bertz CT molecular complexity index is 758. The molecule has 2 aromatic rings. The predicted molar refractivity (Wildman–Crippen MR) is 102 cm³/mol. The molecule has 1 aliphatic rings. The van der Waals surface area contributed by atoms with Gasteiger partial charge in [-0.05, 0) is 43.2 Å². The summed E-state index contributed by atoms with van der Waals surface area (Å²) < 4.78 is 11.5. The van der Waals surface area contributed by atoms with Crippen LogP contribution in [0.5, 0.6) is 11.5 Å². The number of amides is 1. The number of ether oxygens (including phenoxy) is 2. The van der Waals surface area contributed by atoms with Crippen molar-refractivity contribution in [2.45, 2.75) is 26.5 Å². The summed E-state index contributed by atoms with van der Waals surface area (Å²) in [5, 5.41) is 2.65. The van der Waals surface area contributed by atoms with Gasteiger partial charge in [0.1, 0.15) is 17.6 Å². The third-order valence-corrected chi connectivity index (χ3v) is 4.58. The fraction of sp³-hybridized carbons (Fsp3) is 0.381. The number of carbonyl (C=O) groups is 1. The summed E-state index contributed by atoms with van der Waals surface area (Å²) in [6.07, 6.45) is -0.388. The maximum atomic E-state index is 11.8. The van der Waals surface area contributed by atoms with E-state index in [1.54, 1.807) is 7.05 Å². The van der Waals surface area contributed by atoms with Crippen LogP contribution in [0.25, 0.3) is 0 Å². The normalized spacial score (nSPS) is 17.7. The molecule has 0 bridgehead atoms. The summed E-state index contributed by atoms with van der Waals surface area (Å²) in [4.78, 5) is 14.0. The minimum absolute atomic E-state index is 0.0630. The number of hydrogen-bond donors (Lipinski definition) is 1. The maximum absolute atomic E-state index is 11.8. The SMILES string of the molecule is CNC(=O)[C@@H]1CN(Cc2ccc(Oc3ccc(C)cc3C)cc2)CCO1. The van der Waals surface area contributed by atoms with Crippen LogP contribution in [0, 0.1) is 13.8 Å². The van der Waals surface area contributed by atoms with E-state index >= 15 is 0 Å². The van der Waals surface area contributed by atoms with Crippen molar-refractivity contribution in [3.63, 3.8) is 0 Å². The molecule has 1 saturated heterocycles. The van der Waals surface area contributed by atoms with Crippen LogP contribution in [-0.2, 0) is 16.1 Å². The van der Waals surface area contributed by atoms with Gasteiger partial charge in [0, 0.05) is 26.7 Å². The van der Waals surface area contributed by atoms with E-state index < -0.39 is 0 Å². The summed E-state index contributed by atoms with van der Waals surface area (Å²) in [7, 11) is 1.64. The van der Waals surface area contributed by atoms with Crippen molar-refractivity contribution in [1.29, 1.82) is 0 Å². The monoisotopic (exact) mass is 354 g/mol. The van der Waals surface area contributed by atoms with Gasteiger partial charge in [-0.2, -0.15) is 0 Å². The zero-order chi connectivity index (χ0) is 18.5. The molecule has 1 amide bonds. The molecular formula is C21H26N2O3. The first-order valence-corrected chi connectivity index (χ1v) is 8.95. The van der Waals surface area contributed by atoms with Crippen molar-refractivity contribution in [3.05, 3.63) is 59.2 Å². The molecule has 5 nitrogen and oxygen atoms in total. The molecule has 0 saturated carbocycles. The molecule has 0 radical (unpaired) electrons. The van der Waals surface area contributed by atoms with E-state index in [1.165, 1.54) is 11.1 Å². The minimum Gasteiger partial charge on any atom is -0.457 e. The van der Waals surface area contributed by atoms with Crippen LogP contribution in [0.15, 0.2) is 42.5 Å². The highest BCUT2D eigenvalue weighted by Gasteiger charge is 2.25. The van der Waals surface area contributed by atoms with E-state index in [0.717, 1.165) is 30.2 Å². The lowest BCUT2D eigenvalue weighted by atomic mass is 10.1. The van der Waals surface area contributed by atoms with Gasteiger partial charge in [-0.15, -0.1) is 0 Å². The summed E-state index contributed by atoms with van der Waals surface area (Å²) in [5.41, 5.74) is 3.55. The van der Waals surface area contributed by atoms with Crippen molar-refractivity contribution in [3.8, 4) is 11.5 Å². The second-order valence-electron chi connectivity index (χ2n) is 6.72. The Morgan fingerprint density at radius 3 is 2.69 bits per heavy atom. The van der Waals surface area contributed by atoms with E-state index in [1.807, 2.05) is 18.2 Å². The summed E-state index contributed by atoms with van der Waals surface area (Å²) in [6.45, 7) is 6.94. The Kier molecular flexibility index (Phi) is 5.91. The number of likely N-dealkylation sites (N-methyl/N-ethyl adjacent to an activating group) is 1. The quantitative estimate of drug-likeness (QED) is 0.897. The molecule has 0 aliphatic carbocycles. The highest BCUT2D eigenvalue weighted by Crippen LogP contribution is 2.26. The molecule has 1 heterocycles. The number of rotatable bonds is 5. The molecule has 0 unspecified atom stereocenters. The maximum Gasteiger partial charge on any atom is 0.250 e. The third kappa shape index (κ3) is 4.62. The van der Waals surface area contributed by atoms with Gasteiger partial charge in [0.05, 0.1) is 6.61 Å². The number of carbonyl (C=O) groups excluding carboxylic acids is 1. The second-order valence-corrected chi connectivity index (χ2v) is 6.72. The Labute approximate surface area is 154 Å². The highest BCUT2D eigenvalue weighted by atomic mass is 16.5. The molecule has 5 heteroatoms. The molecule has 0 aromatic heterocycles. The Morgan fingerprint density at radius 1 is 1.23 bits per heavy atom. The topological polar surface area (TPSA) is 50.8 Å². The van der Waals surface area contributed by atoms with Gasteiger partial charge in [0.15, 0.2) is 0 Å². The first kappa shape index (κ1) is 18.4. The van der Waals surface area contributed by atoms with Crippen molar-refractivity contribution in [2.75, 3.05) is 26.7 Å². The largest absolute Gasteiger partial charge is 0.457 e. The lowest BCUT2D eigenvalue weighted by Crippen LogP contribution is -2.48. The van der Waals surface area contributed by atoms with Crippen molar-refractivity contribution < 1.29 is 14.3 Å². The molecule has 1 fully saturated rings. The molecule has 3 rings (SSSR count). The van der Waals surface area contributed by atoms with Crippen LogP contribution in [0.3, 0.4) is 0 Å². The zero-order valence-electron chi connectivity index (χ0n) is 15.6. The number of benzene rings is 2. The van der Waals surface area contributed by atoms with Crippen LogP contribution in [-0.4, -0.2) is 43.7 Å². The lowest BCUT2D eigenvalue weighted by Gasteiger charge is -2.31. The van der Waals surface area contributed by atoms with Gasteiger partial charge < -0.3 is 14.8 Å². The number of nitrogens with zero attached hydrogens (tertiary/aromatic N) is 1. The van der Waals surface area contributed by atoms with E-state index in [-0.39, 0.29) is 12.0 Å². The number of aryl methyl sites for hydroxylation is 2. The molecule has 26 heavy (non-hydrogen) atoms. The molecular weight excluding hydrogens is 328 g/mol. The second kappa shape index (κ2) is 8.34. The highest BCUT2D eigenvalue weighted by molar-refractivity contribution is 5.80. The summed E-state index contributed by atoms with van der Waals surface area (Å²) in [6, 6.07) is 14.3. The summed E-state index contributed by atoms with van der Waals surface area (Å²) in [5.74, 6) is 1.64.